The van der Waals surface area contributed by atoms with Gasteiger partial charge in [0.1, 0.15) is 5.76 Å². The Kier molecular flexibility index (Phi) is 5.76. The van der Waals surface area contributed by atoms with Crippen molar-refractivity contribution in [3.8, 4) is 11.4 Å². The van der Waals surface area contributed by atoms with Crippen molar-refractivity contribution < 1.29 is 9.21 Å². The van der Waals surface area contributed by atoms with Gasteiger partial charge in [-0.3, -0.25) is 4.79 Å². The van der Waals surface area contributed by atoms with Crippen LogP contribution in [0.5, 0.6) is 0 Å². The predicted octanol–water partition coefficient (Wildman–Crippen LogP) is 4.23. The molecule has 0 spiro atoms. The Bertz CT molecular complexity index is 1020. The van der Waals surface area contributed by atoms with E-state index in [1.807, 2.05) is 31.5 Å². The van der Waals surface area contributed by atoms with Gasteiger partial charge in [0.25, 0.3) is 0 Å². The first-order valence-corrected chi connectivity index (χ1v) is 11.0. The van der Waals surface area contributed by atoms with Crippen LogP contribution in [0.4, 0.5) is 0 Å². The van der Waals surface area contributed by atoms with Crippen LogP contribution in [0.2, 0.25) is 0 Å². The summed E-state index contributed by atoms with van der Waals surface area (Å²) in [6.45, 7) is 3.93. The van der Waals surface area contributed by atoms with Gasteiger partial charge in [-0.1, -0.05) is 30.0 Å². The maximum atomic E-state index is 12.5. The van der Waals surface area contributed by atoms with Gasteiger partial charge in [-0.25, -0.2) is 0 Å². The highest BCUT2D eigenvalue weighted by Gasteiger charge is 2.17. The number of thioether (sulfide) groups is 1. The van der Waals surface area contributed by atoms with Crippen molar-refractivity contribution >= 4 is 17.7 Å². The molecule has 0 aliphatic heterocycles. The van der Waals surface area contributed by atoms with Crippen molar-refractivity contribution in [3.63, 3.8) is 0 Å². The number of carbonyl (C=O) groups excluding carboxylic acids is 1. The number of fused-ring (bicyclic) bond motifs is 1. The van der Waals surface area contributed by atoms with Gasteiger partial charge in [-0.05, 0) is 62.3 Å². The van der Waals surface area contributed by atoms with Crippen LogP contribution in [-0.2, 0) is 24.7 Å². The molecule has 0 fully saturated rings. The molecule has 29 heavy (non-hydrogen) atoms. The van der Waals surface area contributed by atoms with Crippen LogP contribution in [0.25, 0.3) is 11.4 Å². The highest BCUT2D eigenvalue weighted by atomic mass is 32.2. The molecule has 1 aromatic carbocycles. The summed E-state index contributed by atoms with van der Waals surface area (Å²) in [5.74, 6) is 1.82. The zero-order valence-electron chi connectivity index (χ0n) is 17.1. The third-order valence-electron chi connectivity index (χ3n) is 5.52. The van der Waals surface area contributed by atoms with Crippen molar-refractivity contribution in [1.29, 1.82) is 0 Å². The number of aromatic nitrogens is 3. The Labute approximate surface area is 175 Å². The number of carbonyl (C=O) groups is 1. The van der Waals surface area contributed by atoms with Crippen LogP contribution in [0, 0.1) is 6.92 Å². The van der Waals surface area contributed by atoms with Gasteiger partial charge in [0.15, 0.2) is 11.0 Å². The fourth-order valence-corrected chi connectivity index (χ4v) is 4.53. The topological polar surface area (TPSA) is 72.9 Å². The zero-order valence-corrected chi connectivity index (χ0v) is 17.9. The second-order valence-corrected chi connectivity index (χ2v) is 8.51. The van der Waals surface area contributed by atoms with E-state index in [-0.39, 0.29) is 11.9 Å². The first-order valence-electron chi connectivity index (χ1n) is 10.0. The second-order valence-electron chi connectivity index (χ2n) is 7.57. The van der Waals surface area contributed by atoms with E-state index in [2.05, 4.69) is 33.7 Å². The number of benzene rings is 1. The lowest BCUT2D eigenvalue weighted by atomic mass is 9.89. The standard InChI is InChI=1S/C22H26N4O2S/c1-14(17-9-8-16-6-4-5-7-18(16)12-17)23-20(27)13-29-22-25-24-21(26(22)3)19-10-11-28-15(19)2/h8-12,14H,4-7,13H2,1-3H3,(H,23,27). The number of nitrogens with one attached hydrogen (secondary N) is 1. The molecular weight excluding hydrogens is 384 g/mol. The average molecular weight is 411 g/mol. The Morgan fingerprint density at radius 1 is 1.24 bits per heavy atom. The SMILES string of the molecule is Cc1occc1-c1nnc(SCC(=O)NC(C)c2ccc3c(c2)CCCC3)n1C. The predicted molar refractivity (Wildman–Crippen MR) is 114 cm³/mol. The number of hydrogen-bond acceptors (Lipinski definition) is 5. The second kappa shape index (κ2) is 8.45. The van der Waals surface area contributed by atoms with Crippen LogP contribution in [-0.4, -0.2) is 26.4 Å². The van der Waals surface area contributed by atoms with Crippen molar-refractivity contribution in [2.24, 2.45) is 7.05 Å². The normalized spacial score (nSPS) is 14.4. The molecule has 1 aliphatic rings. The summed E-state index contributed by atoms with van der Waals surface area (Å²) >= 11 is 1.39. The number of furan rings is 1. The molecule has 152 valence electrons. The van der Waals surface area contributed by atoms with Crippen LogP contribution in [0.15, 0.2) is 40.1 Å². The first kappa shape index (κ1) is 19.8. The van der Waals surface area contributed by atoms with E-state index in [1.54, 1.807) is 6.26 Å². The van der Waals surface area contributed by atoms with E-state index in [4.69, 9.17) is 4.42 Å². The molecule has 7 heteroatoms. The van der Waals surface area contributed by atoms with E-state index in [1.165, 1.54) is 47.7 Å². The summed E-state index contributed by atoms with van der Waals surface area (Å²) in [5.41, 5.74) is 4.98. The van der Waals surface area contributed by atoms with Gasteiger partial charge in [0.05, 0.1) is 23.6 Å². The monoisotopic (exact) mass is 410 g/mol. The lowest BCUT2D eigenvalue weighted by Crippen LogP contribution is -2.28. The van der Waals surface area contributed by atoms with Crippen molar-refractivity contribution in [3.05, 3.63) is 53.0 Å². The summed E-state index contributed by atoms with van der Waals surface area (Å²) in [6.07, 6.45) is 6.49. The van der Waals surface area contributed by atoms with Gasteiger partial charge < -0.3 is 14.3 Å². The molecule has 0 saturated heterocycles. The lowest BCUT2D eigenvalue weighted by Gasteiger charge is -2.20. The Morgan fingerprint density at radius 3 is 2.79 bits per heavy atom. The Balaban J connectivity index is 1.36. The average Bonchev–Trinajstić information content (AvgIpc) is 3.30. The largest absolute Gasteiger partial charge is 0.469 e. The van der Waals surface area contributed by atoms with E-state index in [9.17, 15) is 4.79 Å². The number of hydrogen-bond donors (Lipinski definition) is 1. The van der Waals surface area contributed by atoms with Crippen LogP contribution in [0.1, 0.15) is 48.3 Å². The summed E-state index contributed by atoms with van der Waals surface area (Å²) < 4.78 is 7.24. The minimum Gasteiger partial charge on any atom is -0.469 e. The molecule has 2 heterocycles. The fraction of sp³-hybridized carbons (Fsp3) is 0.409. The molecule has 4 rings (SSSR count). The third kappa shape index (κ3) is 4.24. The summed E-state index contributed by atoms with van der Waals surface area (Å²) in [5, 5.41) is 12.3. The summed E-state index contributed by atoms with van der Waals surface area (Å²) in [6, 6.07) is 8.49. The molecule has 0 bridgehead atoms. The molecule has 1 aliphatic carbocycles. The van der Waals surface area contributed by atoms with Gasteiger partial charge >= 0.3 is 0 Å². The minimum atomic E-state index is -0.0148. The van der Waals surface area contributed by atoms with Crippen molar-refractivity contribution in [2.45, 2.75) is 50.7 Å². The van der Waals surface area contributed by atoms with Gasteiger partial charge in [0.2, 0.25) is 5.91 Å². The summed E-state index contributed by atoms with van der Waals surface area (Å²) in [7, 11) is 1.90. The highest BCUT2D eigenvalue weighted by molar-refractivity contribution is 7.99. The molecule has 1 N–H and O–H groups in total. The molecular formula is C22H26N4O2S. The maximum Gasteiger partial charge on any atom is 0.230 e. The molecule has 1 atom stereocenters. The maximum absolute atomic E-state index is 12.5. The number of nitrogens with zero attached hydrogens (tertiary/aromatic N) is 3. The highest BCUT2D eigenvalue weighted by Crippen LogP contribution is 2.27. The number of rotatable bonds is 6. The van der Waals surface area contributed by atoms with Crippen LogP contribution < -0.4 is 5.32 Å². The van der Waals surface area contributed by atoms with E-state index < -0.39 is 0 Å². The zero-order chi connectivity index (χ0) is 20.4. The quantitative estimate of drug-likeness (QED) is 0.616. The molecule has 1 unspecified atom stereocenters. The molecule has 1 amide bonds. The minimum absolute atomic E-state index is 0.00994. The fourth-order valence-electron chi connectivity index (χ4n) is 3.81. The van der Waals surface area contributed by atoms with Crippen molar-refractivity contribution in [1.82, 2.24) is 20.1 Å². The van der Waals surface area contributed by atoms with Crippen LogP contribution in [0.3, 0.4) is 0 Å². The summed E-state index contributed by atoms with van der Waals surface area (Å²) in [4.78, 5) is 12.5. The van der Waals surface area contributed by atoms with Gasteiger partial charge in [-0.15, -0.1) is 10.2 Å². The van der Waals surface area contributed by atoms with Gasteiger partial charge in [0, 0.05) is 7.05 Å². The molecule has 0 saturated carbocycles. The molecule has 6 nitrogen and oxygen atoms in total. The van der Waals surface area contributed by atoms with E-state index in [0.717, 1.165) is 23.6 Å². The lowest BCUT2D eigenvalue weighted by molar-refractivity contribution is -0.119. The smallest absolute Gasteiger partial charge is 0.230 e. The number of amides is 1. The Hall–Kier alpha value is -2.54. The first-order chi connectivity index (χ1) is 14.0. The van der Waals surface area contributed by atoms with Crippen molar-refractivity contribution in [2.75, 3.05) is 5.75 Å². The molecule has 3 aromatic rings. The number of aryl methyl sites for hydroxylation is 3. The van der Waals surface area contributed by atoms with Crippen LogP contribution >= 0.6 is 11.8 Å². The molecule has 2 aromatic heterocycles. The third-order valence-corrected chi connectivity index (χ3v) is 6.54. The van der Waals surface area contributed by atoms with Gasteiger partial charge in [-0.2, -0.15) is 0 Å². The van der Waals surface area contributed by atoms with E-state index in [0.29, 0.717) is 10.9 Å². The molecule has 0 radical (unpaired) electrons. The van der Waals surface area contributed by atoms with E-state index >= 15 is 0 Å². The Morgan fingerprint density at radius 2 is 2.03 bits per heavy atom.